The van der Waals surface area contributed by atoms with Crippen LogP contribution in [0, 0.1) is 13.8 Å². The summed E-state index contributed by atoms with van der Waals surface area (Å²) >= 11 is 0. The summed E-state index contributed by atoms with van der Waals surface area (Å²) in [6.45, 7) is 7.88. The van der Waals surface area contributed by atoms with Crippen molar-refractivity contribution in [1.82, 2.24) is 9.55 Å². The molecule has 1 aliphatic carbocycles. The zero-order valence-corrected chi connectivity index (χ0v) is 17.2. The highest BCUT2D eigenvalue weighted by Crippen LogP contribution is 2.40. The van der Waals surface area contributed by atoms with Crippen LogP contribution in [0.15, 0.2) is 45.6 Å². The molecule has 1 saturated carbocycles. The van der Waals surface area contributed by atoms with Gasteiger partial charge in [-0.05, 0) is 61.9 Å². The van der Waals surface area contributed by atoms with Gasteiger partial charge in [0.25, 0.3) is 5.56 Å². The van der Waals surface area contributed by atoms with E-state index in [0.29, 0.717) is 17.0 Å². The Bertz CT molecular complexity index is 1320. The minimum atomic E-state index is -0.376. The third-order valence-corrected chi connectivity index (χ3v) is 5.92. The first kappa shape index (κ1) is 18.1. The van der Waals surface area contributed by atoms with Crippen LogP contribution in [0.4, 0.5) is 0 Å². The minimum Gasteiger partial charge on any atom is -0.440 e. The first-order chi connectivity index (χ1) is 13.8. The summed E-state index contributed by atoms with van der Waals surface area (Å²) in [6, 6.07) is 12.8. The monoisotopic (exact) mass is 387 g/mol. The van der Waals surface area contributed by atoms with E-state index in [1.54, 1.807) is 6.92 Å². The molecule has 29 heavy (non-hydrogen) atoms. The number of rotatable bonds is 3. The number of fused-ring (bicyclic) bond motifs is 3. The maximum Gasteiger partial charge on any atom is 0.281 e. The number of pyridine rings is 1. The topological polar surface area (TPSA) is 74.0 Å². The van der Waals surface area contributed by atoms with Crippen LogP contribution in [0.5, 0.6) is 0 Å². The molecule has 0 spiro atoms. The first-order valence-corrected chi connectivity index (χ1v) is 10.1. The highest BCUT2D eigenvalue weighted by molar-refractivity contribution is 6.04. The van der Waals surface area contributed by atoms with Crippen LogP contribution in [-0.2, 0) is 5.54 Å². The summed E-state index contributed by atoms with van der Waals surface area (Å²) in [7, 11) is 0. The maximum atomic E-state index is 13.2. The molecule has 5 nitrogen and oxygen atoms in total. The van der Waals surface area contributed by atoms with Crippen LogP contribution < -0.4 is 11.3 Å². The SMILES string of the molecule is Cc1nc2c(=O)n(C3CC3)c3c(C)c(-c4ccc(C(C)(C)N)cc4)ccc3c2o1. The Morgan fingerprint density at radius 3 is 2.41 bits per heavy atom. The highest BCUT2D eigenvalue weighted by Gasteiger charge is 2.30. The van der Waals surface area contributed by atoms with Gasteiger partial charge in [0.1, 0.15) is 0 Å². The molecule has 2 aromatic heterocycles. The van der Waals surface area contributed by atoms with E-state index in [2.05, 4.69) is 48.3 Å². The van der Waals surface area contributed by atoms with Crippen LogP contribution in [0.3, 0.4) is 0 Å². The number of hydrogen-bond donors (Lipinski definition) is 1. The third kappa shape index (κ3) is 2.80. The van der Waals surface area contributed by atoms with Gasteiger partial charge in [0.2, 0.25) is 0 Å². The number of nitrogens with two attached hydrogens (primary N) is 1. The predicted octanol–water partition coefficient (Wildman–Crippen LogP) is 4.96. The molecule has 0 saturated heterocycles. The molecule has 0 unspecified atom stereocenters. The Kier molecular flexibility index (Phi) is 3.77. The van der Waals surface area contributed by atoms with Crippen molar-refractivity contribution in [2.24, 2.45) is 5.73 Å². The van der Waals surface area contributed by atoms with Crippen molar-refractivity contribution in [3.8, 4) is 11.1 Å². The fourth-order valence-electron chi connectivity index (χ4n) is 4.24. The number of aromatic nitrogens is 2. The van der Waals surface area contributed by atoms with Crippen LogP contribution in [0.25, 0.3) is 33.1 Å². The lowest BCUT2D eigenvalue weighted by Gasteiger charge is -2.20. The molecule has 1 fully saturated rings. The smallest absolute Gasteiger partial charge is 0.281 e. The zero-order chi connectivity index (χ0) is 20.5. The molecule has 0 bridgehead atoms. The van der Waals surface area contributed by atoms with Crippen LogP contribution in [-0.4, -0.2) is 9.55 Å². The largest absolute Gasteiger partial charge is 0.440 e. The van der Waals surface area contributed by atoms with Crippen molar-refractivity contribution < 1.29 is 4.42 Å². The molecule has 5 heteroatoms. The van der Waals surface area contributed by atoms with E-state index in [4.69, 9.17) is 10.2 Å². The molecule has 2 heterocycles. The second-order valence-electron chi connectivity index (χ2n) is 8.75. The third-order valence-electron chi connectivity index (χ3n) is 5.92. The zero-order valence-electron chi connectivity index (χ0n) is 17.2. The number of nitrogens with zero attached hydrogens (tertiary/aromatic N) is 2. The van der Waals surface area contributed by atoms with E-state index in [0.717, 1.165) is 46.0 Å². The van der Waals surface area contributed by atoms with Gasteiger partial charge in [-0.25, -0.2) is 4.98 Å². The molecule has 4 aromatic rings. The van der Waals surface area contributed by atoms with Crippen molar-refractivity contribution in [1.29, 1.82) is 0 Å². The molecule has 0 radical (unpaired) electrons. The lowest BCUT2D eigenvalue weighted by Crippen LogP contribution is -2.28. The minimum absolute atomic E-state index is 0.0488. The van der Waals surface area contributed by atoms with Crippen LogP contribution in [0.1, 0.15) is 49.7 Å². The van der Waals surface area contributed by atoms with Gasteiger partial charge in [-0.15, -0.1) is 0 Å². The van der Waals surface area contributed by atoms with Gasteiger partial charge in [-0.3, -0.25) is 4.79 Å². The van der Waals surface area contributed by atoms with E-state index in [-0.39, 0.29) is 17.1 Å². The number of hydrogen-bond acceptors (Lipinski definition) is 4. The van der Waals surface area contributed by atoms with Gasteiger partial charge >= 0.3 is 0 Å². The van der Waals surface area contributed by atoms with Gasteiger partial charge in [0, 0.05) is 23.9 Å². The summed E-state index contributed by atoms with van der Waals surface area (Å²) in [4.78, 5) is 17.6. The molecule has 0 atom stereocenters. The molecule has 2 N–H and O–H groups in total. The van der Waals surface area contributed by atoms with Crippen LogP contribution in [0.2, 0.25) is 0 Å². The molecule has 148 valence electrons. The normalized spacial score (nSPS) is 14.8. The Balaban J connectivity index is 1.79. The maximum absolute atomic E-state index is 13.2. The van der Waals surface area contributed by atoms with E-state index < -0.39 is 0 Å². The second kappa shape index (κ2) is 6.04. The summed E-state index contributed by atoms with van der Waals surface area (Å²) in [5.41, 5.74) is 12.2. The first-order valence-electron chi connectivity index (χ1n) is 10.1. The van der Waals surface area contributed by atoms with Gasteiger partial charge in [0.05, 0.1) is 5.52 Å². The Labute approximate surface area is 169 Å². The average molecular weight is 387 g/mol. The van der Waals surface area contributed by atoms with Gasteiger partial charge in [-0.2, -0.15) is 0 Å². The molecule has 5 rings (SSSR count). The summed E-state index contributed by atoms with van der Waals surface area (Å²) < 4.78 is 7.77. The van der Waals surface area contributed by atoms with Gasteiger partial charge in [0.15, 0.2) is 17.0 Å². The summed E-state index contributed by atoms with van der Waals surface area (Å²) in [5, 5.41) is 0.952. The van der Waals surface area contributed by atoms with Crippen molar-refractivity contribution in [2.45, 2.75) is 52.1 Å². The quantitative estimate of drug-likeness (QED) is 0.539. The highest BCUT2D eigenvalue weighted by atomic mass is 16.3. The Morgan fingerprint density at radius 1 is 1.10 bits per heavy atom. The van der Waals surface area contributed by atoms with Gasteiger partial charge < -0.3 is 14.7 Å². The van der Waals surface area contributed by atoms with Crippen molar-refractivity contribution in [3.63, 3.8) is 0 Å². The molecular weight excluding hydrogens is 362 g/mol. The molecule has 0 aliphatic heterocycles. The standard InChI is InChI=1S/C24H25N3O2/c1-13-18(15-5-7-16(8-6-15)24(3,4)25)11-12-19-21(13)27(17-9-10-17)23(28)20-22(19)29-14(2)26-20/h5-8,11-12,17H,9-10,25H2,1-4H3. The molecule has 0 amide bonds. The summed E-state index contributed by atoms with van der Waals surface area (Å²) in [5.74, 6) is 0.522. The van der Waals surface area contributed by atoms with E-state index in [1.807, 2.05) is 18.4 Å². The second-order valence-corrected chi connectivity index (χ2v) is 8.75. The molecule has 1 aliphatic rings. The number of aryl methyl sites for hydroxylation is 2. The van der Waals surface area contributed by atoms with Gasteiger partial charge in [-0.1, -0.05) is 30.3 Å². The van der Waals surface area contributed by atoms with E-state index in [1.165, 1.54) is 0 Å². The van der Waals surface area contributed by atoms with E-state index in [9.17, 15) is 4.79 Å². The van der Waals surface area contributed by atoms with Crippen molar-refractivity contribution in [3.05, 3.63) is 63.8 Å². The predicted molar refractivity (Wildman–Crippen MR) is 116 cm³/mol. The Morgan fingerprint density at radius 2 is 1.79 bits per heavy atom. The number of benzene rings is 2. The fraction of sp³-hybridized carbons (Fsp3) is 0.333. The molecule has 2 aromatic carbocycles. The Hall–Kier alpha value is -2.92. The lowest BCUT2D eigenvalue weighted by molar-refractivity contribution is 0.554. The van der Waals surface area contributed by atoms with Crippen molar-refractivity contribution >= 4 is 22.0 Å². The summed E-state index contributed by atoms with van der Waals surface area (Å²) in [6.07, 6.45) is 2.06. The van der Waals surface area contributed by atoms with E-state index >= 15 is 0 Å². The fourth-order valence-corrected chi connectivity index (χ4v) is 4.24. The van der Waals surface area contributed by atoms with Crippen molar-refractivity contribution in [2.75, 3.05) is 0 Å². The lowest BCUT2D eigenvalue weighted by atomic mass is 9.92. The molecular formula is C24H25N3O2. The average Bonchev–Trinajstić information content (AvgIpc) is 3.42. The van der Waals surface area contributed by atoms with Crippen LogP contribution >= 0.6 is 0 Å². The number of oxazole rings is 1.